The summed E-state index contributed by atoms with van der Waals surface area (Å²) in [7, 11) is 0. The Hall–Kier alpha value is -0.830. The molecule has 0 aliphatic carbocycles. The lowest BCUT2D eigenvalue weighted by molar-refractivity contribution is -0.132. The Balaban J connectivity index is 2.41. The van der Waals surface area contributed by atoms with Crippen LogP contribution in [0.15, 0.2) is 11.6 Å². The van der Waals surface area contributed by atoms with Crippen LogP contribution < -0.4 is 0 Å². The Morgan fingerprint density at radius 1 is 1.27 bits per heavy atom. The van der Waals surface area contributed by atoms with E-state index in [9.17, 15) is 4.79 Å². The highest BCUT2D eigenvalue weighted by atomic mass is 16.4. The van der Waals surface area contributed by atoms with Crippen molar-refractivity contribution in [3.63, 3.8) is 0 Å². The van der Waals surface area contributed by atoms with Gasteiger partial charge >= 0.3 is 5.97 Å². The van der Waals surface area contributed by atoms with Crippen LogP contribution in [-0.2, 0) is 4.79 Å². The summed E-state index contributed by atoms with van der Waals surface area (Å²) in [6, 6.07) is 0. The molecule has 0 amide bonds. The van der Waals surface area contributed by atoms with Crippen molar-refractivity contribution < 1.29 is 9.90 Å². The van der Waals surface area contributed by atoms with Gasteiger partial charge in [-0.15, -0.1) is 0 Å². The van der Waals surface area contributed by atoms with Crippen LogP contribution in [0.25, 0.3) is 0 Å². The lowest BCUT2D eigenvalue weighted by Crippen LogP contribution is -2.25. The number of nitrogens with zero attached hydrogens (tertiary/aromatic N) is 1. The third-order valence-corrected chi connectivity index (χ3v) is 2.95. The molecular weight excluding hydrogens is 190 g/mol. The first-order valence-electron chi connectivity index (χ1n) is 5.88. The monoisotopic (exact) mass is 211 g/mol. The quantitative estimate of drug-likeness (QED) is 0.725. The van der Waals surface area contributed by atoms with Crippen LogP contribution in [0, 0.1) is 0 Å². The highest BCUT2D eigenvalue weighted by Crippen LogP contribution is 2.10. The van der Waals surface area contributed by atoms with Crippen LogP contribution in [0.3, 0.4) is 0 Å². The van der Waals surface area contributed by atoms with E-state index in [1.165, 1.54) is 25.7 Å². The van der Waals surface area contributed by atoms with Gasteiger partial charge in [0.05, 0.1) is 0 Å². The zero-order chi connectivity index (χ0) is 11.1. The summed E-state index contributed by atoms with van der Waals surface area (Å²) in [5.74, 6) is -0.771. The lowest BCUT2D eigenvalue weighted by Gasteiger charge is -2.17. The third kappa shape index (κ3) is 4.47. The predicted molar refractivity (Wildman–Crippen MR) is 60.9 cm³/mol. The van der Waals surface area contributed by atoms with Gasteiger partial charge in [-0.2, -0.15) is 0 Å². The number of carbonyl (C=O) groups is 1. The molecular formula is C12H21NO2. The van der Waals surface area contributed by atoms with E-state index in [2.05, 4.69) is 4.90 Å². The van der Waals surface area contributed by atoms with Crippen molar-refractivity contribution in [2.24, 2.45) is 0 Å². The van der Waals surface area contributed by atoms with Gasteiger partial charge in [-0.25, -0.2) is 4.79 Å². The average molecular weight is 211 g/mol. The van der Waals surface area contributed by atoms with E-state index in [1.54, 1.807) is 0 Å². The standard InChI is InChI=1S/C12H21NO2/c1-2-11(12(14)15)7-10-13-8-5-3-4-6-9-13/h7H,2-6,8-10H2,1H3,(H,14,15). The minimum absolute atomic E-state index is 0.541. The molecule has 0 aromatic carbocycles. The minimum atomic E-state index is -0.771. The molecule has 86 valence electrons. The van der Waals surface area contributed by atoms with Crippen LogP contribution in [-0.4, -0.2) is 35.6 Å². The molecule has 1 fully saturated rings. The fourth-order valence-corrected chi connectivity index (χ4v) is 1.94. The number of likely N-dealkylation sites (tertiary alicyclic amines) is 1. The van der Waals surface area contributed by atoms with E-state index in [-0.39, 0.29) is 0 Å². The Morgan fingerprint density at radius 2 is 1.87 bits per heavy atom. The average Bonchev–Trinajstić information content (AvgIpc) is 2.46. The fourth-order valence-electron chi connectivity index (χ4n) is 1.94. The Labute approximate surface area is 91.8 Å². The molecule has 1 saturated heterocycles. The Morgan fingerprint density at radius 3 is 2.33 bits per heavy atom. The van der Waals surface area contributed by atoms with E-state index in [4.69, 9.17) is 5.11 Å². The van der Waals surface area contributed by atoms with E-state index >= 15 is 0 Å². The van der Waals surface area contributed by atoms with Crippen molar-refractivity contribution in [3.05, 3.63) is 11.6 Å². The number of carboxylic acids is 1. The van der Waals surface area contributed by atoms with Gasteiger partial charge in [0.2, 0.25) is 0 Å². The molecule has 1 aliphatic heterocycles. The van der Waals surface area contributed by atoms with E-state index in [0.29, 0.717) is 12.0 Å². The molecule has 15 heavy (non-hydrogen) atoms. The van der Waals surface area contributed by atoms with Gasteiger partial charge < -0.3 is 5.11 Å². The second-order valence-corrected chi connectivity index (χ2v) is 4.10. The zero-order valence-electron chi connectivity index (χ0n) is 9.54. The Kier molecular flexibility index (Phi) is 5.40. The van der Waals surface area contributed by atoms with Crippen LogP contribution in [0.5, 0.6) is 0 Å². The van der Waals surface area contributed by atoms with Gasteiger partial charge in [0, 0.05) is 12.1 Å². The SMILES string of the molecule is CCC(=CCN1CCCCCC1)C(=O)O. The molecule has 1 heterocycles. The molecule has 1 rings (SSSR count). The highest BCUT2D eigenvalue weighted by Gasteiger charge is 2.09. The lowest BCUT2D eigenvalue weighted by atomic mass is 10.2. The first kappa shape index (κ1) is 12.2. The van der Waals surface area contributed by atoms with Crippen molar-refractivity contribution in [2.75, 3.05) is 19.6 Å². The summed E-state index contributed by atoms with van der Waals surface area (Å²) in [6.45, 7) is 4.93. The summed E-state index contributed by atoms with van der Waals surface area (Å²) < 4.78 is 0. The van der Waals surface area contributed by atoms with Crippen LogP contribution in [0.1, 0.15) is 39.0 Å². The molecule has 3 nitrogen and oxygen atoms in total. The van der Waals surface area contributed by atoms with Crippen molar-refractivity contribution in [2.45, 2.75) is 39.0 Å². The molecule has 0 unspecified atom stereocenters. The summed E-state index contributed by atoms with van der Waals surface area (Å²) in [4.78, 5) is 13.1. The first-order chi connectivity index (χ1) is 7.24. The molecule has 0 bridgehead atoms. The maximum absolute atomic E-state index is 10.8. The smallest absolute Gasteiger partial charge is 0.331 e. The molecule has 0 radical (unpaired) electrons. The second-order valence-electron chi connectivity index (χ2n) is 4.10. The van der Waals surface area contributed by atoms with Crippen LogP contribution in [0.2, 0.25) is 0 Å². The fraction of sp³-hybridized carbons (Fsp3) is 0.750. The summed E-state index contributed by atoms with van der Waals surface area (Å²) in [5.41, 5.74) is 0.541. The summed E-state index contributed by atoms with van der Waals surface area (Å²) >= 11 is 0. The second kappa shape index (κ2) is 6.62. The molecule has 0 aromatic heterocycles. The van der Waals surface area contributed by atoms with Crippen molar-refractivity contribution in [1.82, 2.24) is 4.90 Å². The highest BCUT2D eigenvalue weighted by molar-refractivity contribution is 5.86. The molecule has 0 aromatic rings. The van der Waals surface area contributed by atoms with E-state index < -0.39 is 5.97 Å². The maximum atomic E-state index is 10.8. The van der Waals surface area contributed by atoms with Crippen LogP contribution >= 0.6 is 0 Å². The topological polar surface area (TPSA) is 40.5 Å². The largest absolute Gasteiger partial charge is 0.478 e. The zero-order valence-corrected chi connectivity index (χ0v) is 9.54. The van der Waals surface area contributed by atoms with E-state index in [1.807, 2.05) is 13.0 Å². The molecule has 1 aliphatic rings. The molecule has 3 heteroatoms. The molecule has 0 spiro atoms. The first-order valence-corrected chi connectivity index (χ1v) is 5.88. The molecule has 0 saturated carbocycles. The Bertz CT molecular complexity index is 228. The molecule has 0 atom stereocenters. The summed E-state index contributed by atoms with van der Waals surface area (Å²) in [6.07, 6.45) is 7.63. The number of hydrogen-bond donors (Lipinski definition) is 1. The number of carboxylic acid groups (broad SMARTS) is 1. The van der Waals surface area contributed by atoms with Crippen LogP contribution in [0.4, 0.5) is 0 Å². The number of hydrogen-bond acceptors (Lipinski definition) is 2. The number of rotatable bonds is 4. The van der Waals surface area contributed by atoms with Crippen molar-refractivity contribution >= 4 is 5.97 Å². The minimum Gasteiger partial charge on any atom is -0.478 e. The van der Waals surface area contributed by atoms with Gasteiger partial charge in [-0.3, -0.25) is 4.90 Å². The van der Waals surface area contributed by atoms with Gasteiger partial charge in [-0.05, 0) is 32.4 Å². The van der Waals surface area contributed by atoms with Gasteiger partial charge in [-0.1, -0.05) is 25.8 Å². The summed E-state index contributed by atoms with van der Waals surface area (Å²) in [5, 5.41) is 8.87. The van der Waals surface area contributed by atoms with Gasteiger partial charge in [0.25, 0.3) is 0 Å². The normalized spacial score (nSPS) is 19.9. The molecule has 1 N–H and O–H groups in total. The van der Waals surface area contributed by atoms with Gasteiger partial charge in [0.15, 0.2) is 0 Å². The third-order valence-electron chi connectivity index (χ3n) is 2.95. The maximum Gasteiger partial charge on any atom is 0.331 e. The van der Waals surface area contributed by atoms with Crippen molar-refractivity contribution in [3.8, 4) is 0 Å². The van der Waals surface area contributed by atoms with Gasteiger partial charge in [0.1, 0.15) is 0 Å². The predicted octanol–water partition coefficient (Wildman–Crippen LogP) is 2.28. The number of aliphatic carboxylic acids is 1. The van der Waals surface area contributed by atoms with E-state index in [0.717, 1.165) is 19.6 Å². The van der Waals surface area contributed by atoms with Crippen molar-refractivity contribution in [1.29, 1.82) is 0 Å².